The van der Waals surface area contributed by atoms with E-state index in [1.165, 1.54) is 0 Å². The molecule has 0 saturated carbocycles. The first-order chi connectivity index (χ1) is 6.76. The molecule has 0 saturated heterocycles. The molecule has 88 valence electrons. The lowest BCUT2D eigenvalue weighted by molar-refractivity contribution is -0.124. The van der Waals surface area contributed by atoms with Gasteiger partial charge < -0.3 is 10.6 Å². The fourth-order valence-electron chi connectivity index (χ4n) is 0.993. The Bertz CT molecular complexity index is 228. The van der Waals surface area contributed by atoms with Gasteiger partial charge in [-0.25, -0.2) is 0 Å². The van der Waals surface area contributed by atoms with Crippen LogP contribution in [0.3, 0.4) is 0 Å². The summed E-state index contributed by atoms with van der Waals surface area (Å²) in [7, 11) is 0. The summed E-state index contributed by atoms with van der Waals surface area (Å²) < 4.78 is 0. The van der Waals surface area contributed by atoms with Gasteiger partial charge in [-0.3, -0.25) is 4.79 Å². The topological polar surface area (TPSA) is 41.1 Å². The van der Waals surface area contributed by atoms with E-state index in [4.69, 9.17) is 0 Å². The quantitative estimate of drug-likeness (QED) is 0.683. The molecule has 0 bridgehead atoms. The average Bonchev–Trinajstić information content (AvgIpc) is 2.10. The number of rotatable bonds is 5. The fraction of sp³-hybridized carbons (Fsp3) is 0.750. The van der Waals surface area contributed by atoms with E-state index >= 15 is 0 Å². The fourth-order valence-corrected chi connectivity index (χ4v) is 0.993. The van der Waals surface area contributed by atoms with Crippen LogP contribution >= 0.6 is 0 Å². The summed E-state index contributed by atoms with van der Waals surface area (Å²) >= 11 is 0. The van der Waals surface area contributed by atoms with Crippen molar-refractivity contribution in [1.29, 1.82) is 0 Å². The monoisotopic (exact) mass is 212 g/mol. The van der Waals surface area contributed by atoms with Gasteiger partial charge in [0.1, 0.15) is 0 Å². The molecule has 0 aromatic carbocycles. The zero-order chi connectivity index (χ0) is 12.1. The van der Waals surface area contributed by atoms with Crippen molar-refractivity contribution in [1.82, 2.24) is 10.6 Å². The molecule has 0 aliphatic heterocycles. The van der Waals surface area contributed by atoms with E-state index in [1.54, 1.807) is 0 Å². The van der Waals surface area contributed by atoms with E-state index in [-0.39, 0.29) is 17.5 Å². The van der Waals surface area contributed by atoms with Gasteiger partial charge in [-0.2, -0.15) is 0 Å². The van der Waals surface area contributed by atoms with Gasteiger partial charge in [0.25, 0.3) is 0 Å². The molecular formula is C12H24N2O. The summed E-state index contributed by atoms with van der Waals surface area (Å²) in [5, 5.41) is 6.07. The van der Waals surface area contributed by atoms with Crippen LogP contribution in [0.5, 0.6) is 0 Å². The molecule has 0 fully saturated rings. The Balaban J connectivity index is 3.95. The van der Waals surface area contributed by atoms with Crippen molar-refractivity contribution in [2.24, 2.45) is 0 Å². The maximum Gasteiger partial charge on any atom is 0.237 e. The average molecular weight is 212 g/mol. The SMILES string of the molecule is C=C(CC)CNC(C)C(=O)NC(C)(C)C. The number of amides is 1. The van der Waals surface area contributed by atoms with Gasteiger partial charge in [-0.1, -0.05) is 19.1 Å². The summed E-state index contributed by atoms with van der Waals surface area (Å²) in [4.78, 5) is 11.7. The maximum atomic E-state index is 11.7. The molecule has 2 N–H and O–H groups in total. The van der Waals surface area contributed by atoms with Crippen molar-refractivity contribution in [2.45, 2.75) is 52.6 Å². The summed E-state index contributed by atoms with van der Waals surface area (Å²) in [5.74, 6) is 0.0337. The Morgan fingerprint density at radius 2 is 1.93 bits per heavy atom. The van der Waals surface area contributed by atoms with Crippen molar-refractivity contribution >= 4 is 5.91 Å². The third-order valence-electron chi connectivity index (χ3n) is 2.05. The molecule has 15 heavy (non-hydrogen) atoms. The van der Waals surface area contributed by atoms with Crippen molar-refractivity contribution < 1.29 is 4.79 Å². The van der Waals surface area contributed by atoms with Gasteiger partial charge in [-0.05, 0) is 34.1 Å². The van der Waals surface area contributed by atoms with E-state index in [9.17, 15) is 4.79 Å². The van der Waals surface area contributed by atoms with E-state index in [0.29, 0.717) is 6.54 Å². The molecule has 0 radical (unpaired) electrons. The number of nitrogens with one attached hydrogen (secondary N) is 2. The minimum Gasteiger partial charge on any atom is -0.350 e. The van der Waals surface area contributed by atoms with Crippen molar-refractivity contribution in [3.63, 3.8) is 0 Å². The van der Waals surface area contributed by atoms with Crippen LogP contribution in [0, 0.1) is 0 Å². The predicted molar refractivity (Wildman–Crippen MR) is 64.8 cm³/mol. The minimum absolute atomic E-state index is 0.0337. The maximum absolute atomic E-state index is 11.7. The van der Waals surface area contributed by atoms with Crippen LogP contribution < -0.4 is 10.6 Å². The van der Waals surface area contributed by atoms with Gasteiger partial charge >= 0.3 is 0 Å². The van der Waals surface area contributed by atoms with Crippen molar-refractivity contribution in [2.75, 3.05) is 6.54 Å². The first-order valence-electron chi connectivity index (χ1n) is 5.48. The third-order valence-corrected chi connectivity index (χ3v) is 2.05. The molecule has 0 aromatic heterocycles. The molecule has 0 aromatic rings. The zero-order valence-electron chi connectivity index (χ0n) is 10.6. The Labute approximate surface area is 93.3 Å². The Morgan fingerprint density at radius 3 is 2.33 bits per heavy atom. The molecular weight excluding hydrogens is 188 g/mol. The number of hydrogen-bond donors (Lipinski definition) is 2. The standard InChI is InChI=1S/C12H24N2O/c1-7-9(2)8-13-10(3)11(15)14-12(4,5)6/h10,13H,2,7-8H2,1,3-6H3,(H,14,15). The highest BCUT2D eigenvalue weighted by Crippen LogP contribution is 2.00. The molecule has 1 unspecified atom stereocenters. The number of carbonyl (C=O) groups is 1. The summed E-state index contributed by atoms with van der Waals surface area (Å²) in [6.45, 7) is 14.4. The summed E-state index contributed by atoms with van der Waals surface area (Å²) in [5.41, 5.74) is 0.944. The normalized spacial score (nSPS) is 13.4. The van der Waals surface area contributed by atoms with E-state index in [2.05, 4.69) is 24.1 Å². The van der Waals surface area contributed by atoms with Crippen LogP contribution in [0.4, 0.5) is 0 Å². The third kappa shape index (κ3) is 7.14. The van der Waals surface area contributed by atoms with Crippen LogP contribution in [-0.2, 0) is 4.79 Å². The second kappa shape index (κ2) is 5.91. The van der Waals surface area contributed by atoms with Crippen molar-refractivity contribution in [3.05, 3.63) is 12.2 Å². The first-order valence-corrected chi connectivity index (χ1v) is 5.48. The molecule has 1 atom stereocenters. The zero-order valence-corrected chi connectivity index (χ0v) is 10.6. The number of hydrogen-bond acceptors (Lipinski definition) is 2. The molecule has 0 heterocycles. The molecule has 1 amide bonds. The predicted octanol–water partition coefficient (Wildman–Crippen LogP) is 1.85. The smallest absolute Gasteiger partial charge is 0.237 e. The van der Waals surface area contributed by atoms with Gasteiger partial charge in [-0.15, -0.1) is 0 Å². The van der Waals surface area contributed by atoms with Crippen LogP contribution in [0.25, 0.3) is 0 Å². The molecule has 3 nitrogen and oxygen atoms in total. The first kappa shape index (κ1) is 14.2. The lowest BCUT2D eigenvalue weighted by atomic mass is 10.1. The van der Waals surface area contributed by atoms with Gasteiger partial charge in [0, 0.05) is 12.1 Å². The minimum atomic E-state index is -0.174. The number of carbonyl (C=O) groups excluding carboxylic acids is 1. The molecule has 0 rings (SSSR count). The highest BCUT2D eigenvalue weighted by atomic mass is 16.2. The highest BCUT2D eigenvalue weighted by Gasteiger charge is 2.18. The van der Waals surface area contributed by atoms with Gasteiger partial charge in [0.15, 0.2) is 0 Å². The molecule has 0 aliphatic carbocycles. The lowest BCUT2D eigenvalue weighted by Crippen LogP contribution is -2.49. The largest absolute Gasteiger partial charge is 0.350 e. The Hall–Kier alpha value is -0.830. The Morgan fingerprint density at radius 1 is 1.40 bits per heavy atom. The van der Waals surface area contributed by atoms with Crippen LogP contribution in [0.15, 0.2) is 12.2 Å². The van der Waals surface area contributed by atoms with Crippen LogP contribution in [0.2, 0.25) is 0 Å². The van der Waals surface area contributed by atoms with Crippen molar-refractivity contribution in [3.8, 4) is 0 Å². The summed E-state index contributed by atoms with van der Waals surface area (Å²) in [6.07, 6.45) is 0.945. The summed E-state index contributed by atoms with van der Waals surface area (Å²) in [6, 6.07) is -0.174. The van der Waals surface area contributed by atoms with E-state index in [1.807, 2.05) is 27.7 Å². The molecule has 0 spiro atoms. The highest BCUT2D eigenvalue weighted by molar-refractivity contribution is 5.81. The van der Waals surface area contributed by atoms with E-state index in [0.717, 1.165) is 12.0 Å². The van der Waals surface area contributed by atoms with Crippen LogP contribution in [0.1, 0.15) is 41.0 Å². The van der Waals surface area contributed by atoms with Crippen LogP contribution in [-0.4, -0.2) is 24.0 Å². The molecule has 3 heteroatoms. The van der Waals surface area contributed by atoms with Gasteiger partial charge in [0.2, 0.25) is 5.91 Å². The van der Waals surface area contributed by atoms with E-state index < -0.39 is 0 Å². The Kier molecular flexibility index (Phi) is 5.58. The lowest BCUT2D eigenvalue weighted by Gasteiger charge is -2.23. The second-order valence-corrected chi connectivity index (χ2v) is 4.95. The molecule has 0 aliphatic rings. The van der Waals surface area contributed by atoms with Gasteiger partial charge in [0.05, 0.1) is 6.04 Å². The second-order valence-electron chi connectivity index (χ2n) is 4.95.